The van der Waals surface area contributed by atoms with Crippen molar-refractivity contribution in [1.29, 1.82) is 0 Å². The van der Waals surface area contributed by atoms with Crippen LogP contribution in [-0.4, -0.2) is 28.1 Å². The Labute approximate surface area is 172 Å². The summed E-state index contributed by atoms with van der Waals surface area (Å²) in [6.07, 6.45) is 0.672. The van der Waals surface area contributed by atoms with Crippen molar-refractivity contribution >= 4 is 23.6 Å². The number of benzene rings is 1. The topological polar surface area (TPSA) is 94.3 Å². The number of aryl methyl sites for hydroxylation is 1. The molecule has 1 atom stereocenters. The fourth-order valence-corrected chi connectivity index (χ4v) is 3.36. The van der Waals surface area contributed by atoms with Gasteiger partial charge in [-0.15, -0.1) is 0 Å². The molecule has 2 aromatic heterocycles. The Kier molecular flexibility index (Phi) is 7.02. The van der Waals surface area contributed by atoms with Gasteiger partial charge in [0.25, 0.3) is 5.91 Å². The van der Waals surface area contributed by atoms with Crippen LogP contribution >= 0.6 is 11.8 Å². The monoisotopic (exact) mass is 411 g/mol. The molecule has 0 spiro atoms. The van der Waals surface area contributed by atoms with Crippen molar-refractivity contribution in [3.8, 4) is 0 Å². The van der Waals surface area contributed by atoms with Crippen LogP contribution in [0.5, 0.6) is 0 Å². The third-order valence-electron chi connectivity index (χ3n) is 3.99. The second kappa shape index (κ2) is 9.88. The number of aromatic nitrogens is 2. The Bertz CT molecular complexity index is 975. The fourth-order valence-electron chi connectivity index (χ4n) is 2.50. The van der Waals surface area contributed by atoms with Crippen LogP contribution in [0, 0.1) is 6.92 Å². The van der Waals surface area contributed by atoms with E-state index in [0.717, 1.165) is 17.0 Å². The zero-order valence-corrected chi connectivity index (χ0v) is 16.9. The average molecular weight is 411 g/mol. The molecule has 0 radical (unpaired) electrons. The fraction of sp³-hybridized carbons (Fsp3) is 0.238. The third-order valence-corrected chi connectivity index (χ3v) is 5.03. The Balaban J connectivity index is 1.57. The number of hydrogen-bond acceptors (Lipinski definition) is 7. The number of hydrogen-bond donors (Lipinski definition) is 1. The van der Waals surface area contributed by atoms with Crippen molar-refractivity contribution in [3.05, 3.63) is 77.3 Å². The summed E-state index contributed by atoms with van der Waals surface area (Å²) in [4.78, 5) is 29.1. The molecule has 3 rings (SSSR count). The standard InChI is InChI=1S/C21H21N3O4S/c1-14-11-17(24-28-14)13-29-20-18(9-6-10-22-20)21(26)27-15(2)19(25)23-12-16-7-4-3-5-8-16/h3-11,15H,12-13H2,1-2H3,(H,23,25)/t15-/m0/s1. The smallest absolute Gasteiger partial charge is 0.341 e. The van der Waals surface area contributed by atoms with Gasteiger partial charge in [0.1, 0.15) is 10.8 Å². The van der Waals surface area contributed by atoms with Gasteiger partial charge in [-0.2, -0.15) is 0 Å². The second-order valence-electron chi connectivity index (χ2n) is 6.32. The van der Waals surface area contributed by atoms with Crippen LogP contribution in [0.15, 0.2) is 64.3 Å². The lowest BCUT2D eigenvalue weighted by Gasteiger charge is -2.14. The lowest BCUT2D eigenvalue weighted by Crippen LogP contribution is -2.35. The van der Waals surface area contributed by atoms with Crippen molar-refractivity contribution in [2.75, 3.05) is 0 Å². The number of thioether (sulfide) groups is 1. The van der Waals surface area contributed by atoms with E-state index in [0.29, 0.717) is 22.9 Å². The molecule has 0 aliphatic carbocycles. The van der Waals surface area contributed by atoms with Gasteiger partial charge in [-0.3, -0.25) is 4.79 Å². The van der Waals surface area contributed by atoms with E-state index in [4.69, 9.17) is 9.26 Å². The predicted octanol–water partition coefficient (Wildman–Crippen LogP) is 3.53. The van der Waals surface area contributed by atoms with Gasteiger partial charge in [0.05, 0.1) is 11.3 Å². The highest BCUT2D eigenvalue weighted by atomic mass is 32.2. The van der Waals surface area contributed by atoms with Crippen LogP contribution in [-0.2, 0) is 21.8 Å². The molecule has 0 saturated carbocycles. The van der Waals surface area contributed by atoms with Gasteiger partial charge in [0, 0.05) is 24.6 Å². The molecule has 1 N–H and O–H groups in total. The number of pyridine rings is 1. The van der Waals surface area contributed by atoms with E-state index in [1.807, 2.05) is 43.3 Å². The van der Waals surface area contributed by atoms with E-state index in [-0.39, 0.29) is 5.91 Å². The number of nitrogens with one attached hydrogen (secondary N) is 1. The number of carbonyl (C=O) groups is 2. The SMILES string of the molecule is Cc1cc(CSc2ncccc2C(=O)O[C@@H](C)C(=O)NCc2ccccc2)no1. The number of ether oxygens (including phenoxy) is 1. The molecule has 0 saturated heterocycles. The van der Waals surface area contributed by atoms with Gasteiger partial charge in [-0.25, -0.2) is 9.78 Å². The average Bonchev–Trinajstić information content (AvgIpc) is 3.16. The highest BCUT2D eigenvalue weighted by Gasteiger charge is 2.21. The predicted molar refractivity (Wildman–Crippen MR) is 108 cm³/mol. The molecule has 2 heterocycles. The molecule has 0 unspecified atom stereocenters. The molecule has 3 aromatic rings. The van der Waals surface area contributed by atoms with Crippen LogP contribution < -0.4 is 5.32 Å². The Morgan fingerprint density at radius 3 is 2.72 bits per heavy atom. The first-order valence-corrected chi connectivity index (χ1v) is 10.0. The highest BCUT2D eigenvalue weighted by Crippen LogP contribution is 2.25. The van der Waals surface area contributed by atoms with Gasteiger partial charge in [-0.05, 0) is 31.5 Å². The molecule has 1 amide bonds. The van der Waals surface area contributed by atoms with Crippen molar-refractivity contribution < 1.29 is 18.8 Å². The van der Waals surface area contributed by atoms with Crippen LogP contribution in [0.3, 0.4) is 0 Å². The maximum Gasteiger partial charge on any atom is 0.341 e. The lowest BCUT2D eigenvalue weighted by atomic mass is 10.2. The van der Waals surface area contributed by atoms with E-state index >= 15 is 0 Å². The van der Waals surface area contributed by atoms with E-state index in [1.54, 1.807) is 25.3 Å². The molecule has 7 nitrogen and oxygen atoms in total. The molecule has 0 fully saturated rings. The van der Waals surface area contributed by atoms with Gasteiger partial charge < -0.3 is 14.6 Å². The molecule has 29 heavy (non-hydrogen) atoms. The number of esters is 1. The molecule has 0 bridgehead atoms. The first-order chi connectivity index (χ1) is 14.0. The second-order valence-corrected chi connectivity index (χ2v) is 7.29. The summed E-state index contributed by atoms with van der Waals surface area (Å²) in [7, 11) is 0. The molecule has 0 aliphatic heterocycles. The zero-order chi connectivity index (χ0) is 20.6. The summed E-state index contributed by atoms with van der Waals surface area (Å²) in [5.41, 5.74) is 2.03. The van der Waals surface area contributed by atoms with Crippen molar-refractivity contribution in [2.45, 2.75) is 37.3 Å². The lowest BCUT2D eigenvalue weighted by molar-refractivity contribution is -0.129. The molecular formula is C21H21N3O4S. The summed E-state index contributed by atoms with van der Waals surface area (Å²) >= 11 is 1.35. The first kappa shape index (κ1) is 20.6. The van der Waals surface area contributed by atoms with Crippen molar-refractivity contribution in [2.24, 2.45) is 0 Å². The molecular weight excluding hydrogens is 390 g/mol. The number of carbonyl (C=O) groups excluding carboxylic acids is 2. The number of rotatable bonds is 8. The van der Waals surface area contributed by atoms with E-state index < -0.39 is 12.1 Å². The van der Waals surface area contributed by atoms with E-state index in [9.17, 15) is 9.59 Å². The van der Waals surface area contributed by atoms with Gasteiger partial charge >= 0.3 is 5.97 Å². The van der Waals surface area contributed by atoms with Crippen molar-refractivity contribution in [1.82, 2.24) is 15.5 Å². The Morgan fingerprint density at radius 2 is 2.00 bits per heavy atom. The summed E-state index contributed by atoms with van der Waals surface area (Å²) in [5, 5.41) is 7.20. The first-order valence-electron chi connectivity index (χ1n) is 9.05. The summed E-state index contributed by atoms with van der Waals surface area (Å²) in [5.74, 6) is 0.260. The minimum atomic E-state index is -0.928. The minimum Gasteiger partial charge on any atom is -0.449 e. The van der Waals surface area contributed by atoms with Crippen LogP contribution in [0.1, 0.15) is 34.3 Å². The van der Waals surface area contributed by atoms with E-state index in [1.165, 1.54) is 11.8 Å². The Morgan fingerprint density at radius 1 is 1.21 bits per heavy atom. The van der Waals surface area contributed by atoms with Gasteiger partial charge in [0.15, 0.2) is 6.10 Å². The van der Waals surface area contributed by atoms with Gasteiger partial charge in [0.2, 0.25) is 0 Å². The Hall–Kier alpha value is -3.13. The van der Waals surface area contributed by atoms with Crippen molar-refractivity contribution in [3.63, 3.8) is 0 Å². The molecule has 0 aliphatic rings. The molecule has 1 aromatic carbocycles. The summed E-state index contributed by atoms with van der Waals surface area (Å²) in [6, 6.07) is 14.6. The van der Waals surface area contributed by atoms with E-state index in [2.05, 4.69) is 15.5 Å². The zero-order valence-electron chi connectivity index (χ0n) is 16.1. The number of amides is 1. The normalized spacial score (nSPS) is 11.7. The summed E-state index contributed by atoms with van der Waals surface area (Å²) < 4.78 is 10.4. The van der Waals surface area contributed by atoms with Crippen LogP contribution in [0.2, 0.25) is 0 Å². The van der Waals surface area contributed by atoms with Crippen LogP contribution in [0.25, 0.3) is 0 Å². The highest BCUT2D eigenvalue weighted by molar-refractivity contribution is 7.98. The third kappa shape index (κ3) is 5.92. The maximum absolute atomic E-state index is 12.6. The quantitative estimate of drug-likeness (QED) is 0.447. The minimum absolute atomic E-state index is 0.306. The van der Waals surface area contributed by atoms with Crippen LogP contribution in [0.4, 0.5) is 0 Å². The maximum atomic E-state index is 12.6. The largest absolute Gasteiger partial charge is 0.449 e. The molecule has 150 valence electrons. The summed E-state index contributed by atoms with van der Waals surface area (Å²) in [6.45, 7) is 3.72. The van der Waals surface area contributed by atoms with Gasteiger partial charge in [-0.1, -0.05) is 47.3 Å². The number of nitrogens with zero attached hydrogens (tertiary/aromatic N) is 2. The molecule has 8 heteroatoms.